The fourth-order valence-electron chi connectivity index (χ4n) is 2.78. The minimum Gasteiger partial charge on any atom is -0.464 e. The van der Waals surface area contributed by atoms with Gasteiger partial charge in [0.2, 0.25) is 0 Å². The summed E-state index contributed by atoms with van der Waals surface area (Å²) in [6, 6.07) is 9.49. The number of nitrogens with zero attached hydrogens (tertiary/aromatic N) is 2. The molecule has 1 saturated heterocycles. The molecule has 1 aromatic carbocycles. The Morgan fingerprint density at radius 1 is 1.35 bits per heavy atom. The van der Waals surface area contributed by atoms with Crippen LogP contribution >= 0.6 is 0 Å². The van der Waals surface area contributed by atoms with E-state index in [1.54, 1.807) is 4.90 Å². The van der Waals surface area contributed by atoms with Gasteiger partial charge in [-0.1, -0.05) is 35.5 Å². The summed E-state index contributed by atoms with van der Waals surface area (Å²) < 4.78 is 9.96. The van der Waals surface area contributed by atoms with Crippen LogP contribution in [0.25, 0.3) is 0 Å². The van der Waals surface area contributed by atoms with Crippen molar-refractivity contribution in [2.24, 2.45) is 5.16 Å². The highest BCUT2D eigenvalue weighted by atomic mass is 16.7. The lowest BCUT2D eigenvalue weighted by atomic mass is 9.97. The van der Waals surface area contributed by atoms with E-state index >= 15 is 0 Å². The average molecular weight is 318 g/mol. The maximum atomic E-state index is 12.1. The molecule has 0 N–H and O–H groups in total. The zero-order valence-corrected chi connectivity index (χ0v) is 12.9. The van der Waals surface area contributed by atoms with Gasteiger partial charge in [-0.25, -0.2) is 9.59 Å². The first kappa shape index (κ1) is 15.3. The smallest absolute Gasteiger partial charge is 0.410 e. The van der Waals surface area contributed by atoms with Crippen LogP contribution in [0.3, 0.4) is 0 Å². The molecule has 122 valence electrons. The topological polar surface area (TPSA) is 77.4 Å². The second-order valence-electron chi connectivity index (χ2n) is 5.69. The minimum absolute atomic E-state index is 0.230. The van der Waals surface area contributed by atoms with Crippen molar-refractivity contribution >= 4 is 17.8 Å². The predicted octanol–water partition coefficient (Wildman–Crippen LogP) is 1.72. The second-order valence-corrected chi connectivity index (χ2v) is 5.69. The molecule has 2 aliphatic heterocycles. The summed E-state index contributed by atoms with van der Waals surface area (Å²) >= 11 is 0. The number of rotatable bonds is 3. The highest BCUT2D eigenvalue weighted by Crippen LogP contribution is 2.34. The van der Waals surface area contributed by atoms with Gasteiger partial charge in [0.05, 0.1) is 13.7 Å². The molecule has 0 aromatic heterocycles. The summed E-state index contributed by atoms with van der Waals surface area (Å²) in [5.41, 5.74) is 0.560. The molecule has 7 heteroatoms. The number of methoxy groups -OCH3 is 1. The van der Waals surface area contributed by atoms with Crippen LogP contribution in [0.15, 0.2) is 35.5 Å². The second kappa shape index (κ2) is 6.28. The number of likely N-dealkylation sites (tertiary alicyclic amines) is 1. The summed E-state index contributed by atoms with van der Waals surface area (Å²) in [4.78, 5) is 30.6. The van der Waals surface area contributed by atoms with Crippen LogP contribution in [0.1, 0.15) is 18.4 Å². The Balaban J connectivity index is 1.52. The summed E-state index contributed by atoms with van der Waals surface area (Å²) in [6.45, 7) is 1.09. The van der Waals surface area contributed by atoms with E-state index in [0.29, 0.717) is 25.9 Å². The number of carbonyl (C=O) groups excluding carboxylic acids is 2. The molecule has 23 heavy (non-hydrogen) atoms. The third-order valence-corrected chi connectivity index (χ3v) is 4.04. The van der Waals surface area contributed by atoms with Gasteiger partial charge in [-0.15, -0.1) is 0 Å². The van der Waals surface area contributed by atoms with E-state index < -0.39 is 11.6 Å². The van der Waals surface area contributed by atoms with Crippen molar-refractivity contribution in [3.05, 3.63) is 35.9 Å². The summed E-state index contributed by atoms with van der Waals surface area (Å²) in [6.07, 6.45) is 0.570. The average Bonchev–Trinajstić information content (AvgIpc) is 3.20. The fourth-order valence-corrected chi connectivity index (χ4v) is 2.78. The number of ether oxygens (including phenoxy) is 2. The maximum absolute atomic E-state index is 12.1. The highest BCUT2D eigenvalue weighted by Gasteiger charge is 2.48. The molecule has 2 aliphatic rings. The number of esters is 1. The van der Waals surface area contributed by atoms with Crippen molar-refractivity contribution in [2.45, 2.75) is 25.0 Å². The Morgan fingerprint density at radius 3 is 2.87 bits per heavy atom. The molecule has 1 amide bonds. The number of amides is 1. The van der Waals surface area contributed by atoms with Crippen LogP contribution in [0.5, 0.6) is 0 Å². The first-order chi connectivity index (χ1) is 11.1. The van der Waals surface area contributed by atoms with E-state index in [1.165, 1.54) is 7.11 Å². The van der Waals surface area contributed by atoms with Gasteiger partial charge in [0.25, 0.3) is 0 Å². The van der Waals surface area contributed by atoms with Crippen molar-refractivity contribution < 1.29 is 23.9 Å². The molecule has 1 fully saturated rings. The van der Waals surface area contributed by atoms with Gasteiger partial charge in [-0.2, -0.15) is 0 Å². The van der Waals surface area contributed by atoms with Crippen molar-refractivity contribution in [3.63, 3.8) is 0 Å². The summed E-state index contributed by atoms with van der Waals surface area (Å²) in [5.74, 6) is -0.494. The van der Waals surface area contributed by atoms with Gasteiger partial charge in [-0.3, -0.25) is 0 Å². The number of hydrogen-bond donors (Lipinski definition) is 0. The largest absolute Gasteiger partial charge is 0.464 e. The molecule has 1 aromatic rings. The summed E-state index contributed by atoms with van der Waals surface area (Å²) in [5, 5.41) is 3.79. The van der Waals surface area contributed by atoms with Crippen LogP contribution in [-0.2, 0) is 25.7 Å². The lowest BCUT2D eigenvalue weighted by molar-refractivity contribution is -0.132. The Labute approximate surface area is 133 Å². The lowest BCUT2D eigenvalue weighted by Crippen LogP contribution is -2.37. The SMILES string of the molecule is COC(=O)C1=NOC2(CCN(C(=O)OCc3ccccc3)C2)C1. The van der Waals surface area contributed by atoms with Gasteiger partial charge >= 0.3 is 12.1 Å². The third-order valence-electron chi connectivity index (χ3n) is 4.04. The van der Waals surface area contributed by atoms with E-state index in [9.17, 15) is 9.59 Å². The number of oxime groups is 1. The van der Waals surface area contributed by atoms with Gasteiger partial charge in [-0.05, 0) is 5.56 Å². The summed E-state index contributed by atoms with van der Waals surface area (Å²) in [7, 11) is 1.30. The third kappa shape index (κ3) is 3.28. The van der Waals surface area contributed by atoms with E-state index in [1.807, 2.05) is 30.3 Å². The van der Waals surface area contributed by atoms with Crippen LogP contribution in [0.2, 0.25) is 0 Å². The Morgan fingerprint density at radius 2 is 2.13 bits per heavy atom. The van der Waals surface area contributed by atoms with E-state index in [0.717, 1.165) is 5.56 Å². The highest BCUT2D eigenvalue weighted by molar-refractivity contribution is 6.36. The van der Waals surface area contributed by atoms with Crippen molar-refractivity contribution in [1.82, 2.24) is 4.90 Å². The number of benzene rings is 1. The minimum atomic E-state index is -0.630. The standard InChI is InChI=1S/C16H18N2O5/c1-21-14(19)13-9-16(23-17-13)7-8-18(11-16)15(20)22-10-12-5-3-2-4-6-12/h2-6H,7-11H2,1H3. The molecular formula is C16H18N2O5. The first-order valence-corrected chi connectivity index (χ1v) is 7.41. The van der Waals surface area contributed by atoms with Crippen molar-refractivity contribution in [2.75, 3.05) is 20.2 Å². The van der Waals surface area contributed by atoms with Crippen LogP contribution in [-0.4, -0.2) is 48.5 Å². The molecule has 3 rings (SSSR count). The molecule has 1 spiro atoms. The Kier molecular flexibility index (Phi) is 4.18. The zero-order valence-electron chi connectivity index (χ0n) is 12.9. The Hall–Kier alpha value is -2.57. The van der Waals surface area contributed by atoms with Crippen molar-refractivity contribution in [1.29, 1.82) is 0 Å². The monoisotopic (exact) mass is 318 g/mol. The van der Waals surface area contributed by atoms with Gasteiger partial charge < -0.3 is 19.2 Å². The molecule has 0 saturated carbocycles. The molecule has 1 unspecified atom stereocenters. The normalized spacial score (nSPS) is 22.7. The maximum Gasteiger partial charge on any atom is 0.410 e. The zero-order chi connectivity index (χ0) is 16.3. The van der Waals surface area contributed by atoms with Gasteiger partial charge in [0.15, 0.2) is 11.3 Å². The Bertz CT molecular complexity index is 631. The molecular weight excluding hydrogens is 300 g/mol. The molecule has 7 nitrogen and oxygen atoms in total. The van der Waals surface area contributed by atoms with Gasteiger partial charge in [0.1, 0.15) is 6.61 Å². The van der Waals surface area contributed by atoms with Crippen LogP contribution in [0.4, 0.5) is 4.79 Å². The van der Waals surface area contributed by atoms with Crippen LogP contribution < -0.4 is 0 Å². The first-order valence-electron chi connectivity index (χ1n) is 7.41. The van der Waals surface area contributed by atoms with Gasteiger partial charge in [0, 0.05) is 19.4 Å². The van der Waals surface area contributed by atoms with Crippen molar-refractivity contribution in [3.8, 4) is 0 Å². The predicted molar refractivity (Wildman–Crippen MR) is 80.7 cm³/mol. The molecule has 0 radical (unpaired) electrons. The van der Waals surface area contributed by atoms with E-state index in [-0.39, 0.29) is 18.4 Å². The quantitative estimate of drug-likeness (QED) is 0.793. The van der Waals surface area contributed by atoms with Crippen LogP contribution in [0, 0.1) is 0 Å². The lowest BCUT2D eigenvalue weighted by Gasteiger charge is -2.21. The fraction of sp³-hybridized carbons (Fsp3) is 0.438. The number of carbonyl (C=O) groups is 2. The molecule has 0 aliphatic carbocycles. The number of hydrogen-bond acceptors (Lipinski definition) is 6. The molecule has 0 bridgehead atoms. The van der Waals surface area contributed by atoms with E-state index in [4.69, 9.17) is 9.57 Å². The van der Waals surface area contributed by atoms with E-state index in [2.05, 4.69) is 9.89 Å². The molecule has 1 atom stereocenters. The molecule has 2 heterocycles.